The van der Waals surface area contributed by atoms with Gasteiger partial charge >= 0.3 is 11.9 Å². The number of unbranched alkanes of at least 4 members (excludes halogenated alkanes) is 10. The van der Waals surface area contributed by atoms with Gasteiger partial charge in [0.2, 0.25) is 0 Å². The second kappa shape index (κ2) is 48.4. The summed E-state index contributed by atoms with van der Waals surface area (Å²) in [5.74, 6) is -0.659. The highest BCUT2D eigenvalue weighted by Crippen LogP contribution is 2.10. The largest absolute Gasteiger partial charge is 0.462 e. The summed E-state index contributed by atoms with van der Waals surface area (Å²) in [6.45, 7) is 3.92. The van der Waals surface area contributed by atoms with Crippen molar-refractivity contribution in [3.63, 3.8) is 0 Å². The fourth-order valence-corrected chi connectivity index (χ4v) is 5.68. The van der Waals surface area contributed by atoms with Crippen LogP contribution in [0, 0.1) is 0 Å². The first-order valence-corrected chi connectivity index (χ1v) is 23.2. The molecule has 5 nitrogen and oxygen atoms in total. The molecule has 0 heterocycles. The molecule has 1 N–H and O–H groups in total. The van der Waals surface area contributed by atoms with Crippen LogP contribution in [0.15, 0.2) is 134 Å². The summed E-state index contributed by atoms with van der Waals surface area (Å²) in [6, 6.07) is 0. The van der Waals surface area contributed by atoms with E-state index in [2.05, 4.69) is 148 Å². The number of carbonyl (C=O) groups is 2. The highest BCUT2D eigenvalue weighted by Gasteiger charge is 2.16. The van der Waals surface area contributed by atoms with E-state index < -0.39 is 6.10 Å². The Morgan fingerprint density at radius 1 is 0.407 bits per heavy atom. The maximum Gasteiger partial charge on any atom is 0.306 e. The number of rotatable bonds is 40. The Hall–Kier alpha value is -3.96. The average molecular weight is 813 g/mol. The number of allylic oxidation sites excluding steroid dienone is 22. The van der Waals surface area contributed by atoms with Gasteiger partial charge in [-0.15, -0.1) is 0 Å². The van der Waals surface area contributed by atoms with E-state index in [0.29, 0.717) is 12.8 Å². The third-order valence-electron chi connectivity index (χ3n) is 9.18. The molecule has 0 aliphatic carbocycles. The number of hydrogen-bond acceptors (Lipinski definition) is 5. The van der Waals surface area contributed by atoms with Gasteiger partial charge in [0.1, 0.15) is 6.61 Å². The number of aliphatic hydroxyl groups is 1. The van der Waals surface area contributed by atoms with Crippen molar-refractivity contribution >= 4 is 11.9 Å². The Balaban J connectivity index is 3.72. The van der Waals surface area contributed by atoms with Crippen LogP contribution in [0.25, 0.3) is 0 Å². The van der Waals surface area contributed by atoms with Gasteiger partial charge in [-0.25, -0.2) is 0 Å². The lowest BCUT2D eigenvalue weighted by Crippen LogP contribution is -2.28. The molecule has 0 amide bonds. The lowest BCUT2D eigenvalue weighted by atomic mass is 10.1. The minimum atomic E-state index is -0.805. The molecular formula is C54H84O5. The first-order valence-electron chi connectivity index (χ1n) is 23.2. The Labute approximate surface area is 362 Å². The molecule has 0 aliphatic heterocycles. The van der Waals surface area contributed by atoms with E-state index in [1.807, 2.05) is 0 Å². The van der Waals surface area contributed by atoms with Crippen molar-refractivity contribution < 1.29 is 24.2 Å². The SMILES string of the molecule is CC/C=C\C/C=C\C/C=C\C/C=C\C/C=C\C/C=C\C/C=C\C/C=C\C/C=C\CCCCCC(=O)OC(CO)COC(=O)CCCCCCC/C=C\C/C=C\CCCC. The zero-order chi connectivity index (χ0) is 42.8. The molecule has 59 heavy (non-hydrogen) atoms. The first kappa shape index (κ1) is 55.0. The van der Waals surface area contributed by atoms with E-state index in [0.717, 1.165) is 122 Å². The molecule has 0 aromatic heterocycles. The summed E-state index contributed by atoms with van der Waals surface area (Å²) < 4.78 is 10.6. The fraction of sp³-hybridized carbons (Fsp3) is 0.556. The molecule has 1 unspecified atom stereocenters. The van der Waals surface area contributed by atoms with Gasteiger partial charge in [-0.05, 0) is 109 Å². The minimum absolute atomic E-state index is 0.0962. The Kier molecular flexibility index (Phi) is 45.2. The van der Waals surface area contributed by atoms with Gasteiger partial charge < -0.3 is 14.6 Å². The van der Waals surface area contributed by atoms with E-state index in [-0.39, 0.29) is 25.2 Å². The summed E-state index contributed by atoms with van der Waals surface area (Å²) >= 11 is 0. The van der Waals surface area contributed by atoms with E-state index >= 15 is 0 Å². The van der Waals surface area contributed by atoms with Gasteiger partial charge in [-0.3, -0.25) is 9.59 Å². The van der Waals surface area contributed by atoms with Crippen molar-refractivity contribution in [2.75, 3.05) is 13.2 Å². The molecule has 0 fully saturated rings. The lowest BCUT2D eigenvalue weighted by molar-refractivity contribution is -0.161. The maximum absolute atomic E-state index is 12.2. The third-order valence-corrected chi connectivity index (χ3v) is 9.18. The second-order valence-electron chi connectivity index (χ2n) is 14.7. The summed E-state index contributed by atoms with van der Waals surface area (Å²) in [5, 5.41) is 9.58. The van der Waals surface area contributed by atoms with Crippen molar-refractivity contribution in [1.29, 1.82) is 0 Å². The summed E-state index contributed by atoms with van der Waals surface area (Å²) in [6.07, 6.45) is 72.4. The molecule has 0 bridgehead atoms. The lowest BCUT2D eigenvalue weighted by Gasteiger charge is -2.15. The van der Waals surface area contributed by atoms with E-state index in [1.165, 1.54) is 25.7 Å². The topological polar surface area (TPSA) is 72.8 Å². The molecule has 0 spiro atoms. The van der Waals surface area contributed by atoms with Crippen LogP contribution in [-0.4, -0.2) is 36.4 Å². The van der Waals surface area contributed by atoms with Crippen molar-refractivity contribution in [3.05, 3.63) is 134 Å². The van der Waals surface area contributed by atoms with Crippen molar-refractivity contribution in [2.24, 2.45) is 0 Å². The molecule has 0 rings (SSSR count). The highest BCUT2D eigenvalue weighted by molar-refractivity contribution is 5.70. The number of aliphatic hydroxyl groups excluding tert-OH is 1. The Bertz CT molecular complexity index is 1290. The summed E-state index contributed by atoms with van der Waals surface area (Å²) in [5.41, 5.74) is 0. The van der Waals surface area contributed by atoms with Crippen molar-refractivity contribution in [2.45, 2.75) is 180 Å². The normalized spacial score (nSPS) is 13.5. The van der Waals surface area contributed by atoms with Crippen LogP contribution in [0.2, 0.25) is 0 Å². The van der Waals surface area contributed by atoms with Crippen molar-refractivity contribution in [1.82, 2.24) is 0 Å². The van der Waals surface area contributed by atoms with Gasteiger partial charge in [-0.1, -0.05) is 186 Å². The predicted octanol–water partition coefficient (Wildman–Crippen LogP) is 15.3. The number of ether oxygens (including phenoxy) is 2. The smallest absolute Gasteiger partial charge is 0.306 e. The zero-order valence-electron chi connectivity index (χ0n) is 37.5. The molecule has 0 saturated heterocycles. The summed E-state index contributed by atoms with van der Waals surface area (Å²) in [7, 11) is 0. The van der Waals surface area contributed by atoms with Gasteiger partial charge in [0.05, 0.1) is 6.61 Å². The van der Waals surface area contributed by atoms with Crippen LogP contribution in [0.4, 0.5) is 0 Å². The van der Waals surface area contributed by atoms with Crippen LogP contribution < -0.4 is 0 Å². The average Bonchev–Trinajstić information content (AvgIpc) is 3.24. The van der Waals surface area contributed by atoms with E-state index in [4.69, 9.17) is 9.47 Å². The Morgan fingerprint density at radius 2 is 0.729 bits per heavy atom. The second-order valence-corrected chi connectivity index (χ2v) is 14.7. The van der Waals surface area contributed by atoms with Crippen LogP contribution in [-0.2, 0) is 19.1 Å². The van der Waals surface area contributed by atoms with Gasteiger partial charge in [-0.2, -0.15) is 0 Å². The van der Waals surface area contributed by atoms with E-state index in [9.17, 15) is 14.7 Å². The molecule has 330 valence electrons. The molecule has 5 heteroatoms. The molecule has 0 aromatic carbocycles. The van der Waals surface area contributed by atoms with Gasteiger partial charge in [0.15, 0.2) is 6.10 Å². The molecule has 0 radical (unpaired) electrons. The predicted molar refractivity (Wildman–Crippen MR) is 255 cm³/mol. The molecule has 1 atom stereocenters. The fourth-order valence-electron chi connectivity index (χ4n) is 5.68. The molecular weight excluding hydrogens is 729 g/mol. The minimum Gasteiger partial charge on any atom is -0.462 e. The third kappa shape index (κ3) is 46.6. The Morgan fingerprint density at radius 3 is 1.12 bits per heavy atom. The molecule has 0 aliphatic rings. The van der Waals surface area contributed by atoms with Crippen LogP contribution in [0.3, 0.4) is 0 Å². The van der Waals surface area contributed by atoms with Gasteiger partial charge in [0, 0.05) is 12.8 Å². The zero-order valence-corrected chi connectivity index (χ0v) is 37.5. The van der Waals surface area contributed by atoms with Crippen LogP contribution >= 0.6 is 0 Å². The van der Waals surface area contributed by atoms with Crippen molar-refractivity contribution in [3.8, 4) is 0 Å². The standard InChI is InChI=1S/C54H84O5/c1-3-5-7-9-11-13-15-17-19-20-21-22-23-24-25-26-27-28-29-30-31-32-33-34-35-37-39-41-43-45-47-49-54(57)59-52(50-55)51-58-53(56)48-46-44-42-40-38-36-18-16-14-12-10-8-6-4-2/h5,7,10-13,16-19,21-22,24-25,27-28,30-31,33-34,37,39,52,55H,3-4,6,8-9,14-15,20,23,26,29,32,35-36,38,40-51H2,1-2H3/b7-5-,12-10-,13-11-,18-16-,19-17-,22-21-,25-24-,28-27-,31-30-,34-33-,39-37-. The van der Waals surface area contributed by atoms with E-state index in [1.54, 1.807) is 0 Å². The quantitative estimate of drug-likeness (QED) is 0.0379. The monoisotopic (exact) mass is 813 g/mol. The highest BCUT2D eigenvalue weighted by atomic mass is 16.6. The first-order chi connectivity index (χ1) is 29.1. The van der Waals surface area contributed by atoms with Gasteiger partial charge in [0.25, 0.3) is 0 Å². The van der Waals surface area contributed by atoms with Crippen LogP contribution in [0.5, 0.6) is 0 Å². The number of carbonyl (C=O) groups excluding carboxylic acids is 2. The molecule has 0 saturated carbocycles. The van der Waals surface area contributed by atoms with Crippen LogP contribution in [0.1, 0.15) is 174 Å². The maximum atomic E-state index is 12.2. The number of hydrogen-bond donors (Lipinski definition) is 1. The molecule has 0 aromatic rings. The summed E-state index contributed by atoms with van der Waals surface area (Å²) in [4.78, 5) is 24.3. The number of esters is 2.